The lowest BCUT2D eigenvalue weighted by Gasteiger charge is -2.19. The zero-order chi connectivity index (χ0) is 16.4. The molecule has 0 unspecified atom stereocenters. The zero-order valence-corrected chi connectivity index (χ0v) is 13.0. The van der Waals surface area contributed by atoms with Crippen molar-refractivity contribution in [3.8, 4) is 11.5 Å². The second-order valence-electron chi connectivity index (χ2n) is 4.86. The van der Waals surface area contributed by atoms with E-state index in [-0.39, 0.29) is 6.79 Å². The summed E-state index contributed by atoms with van der Waals surface area (Å²) in [5.41, 5.74) is 1.55. The second kappa shape index (κ2) is 6.18. The number of halogens is 1. The first kappa shape index (κ1) is 15.2. The molecule has 0 spiro atoms. The summed E-state index contributed by atoms with van der Waals surface area (Å²) in [4.78, 5) is 24.7. The van der Waals surface area contributed by atoms with Crippen LogP contribution in [0.15, 0.2) is 36.4 Å². The number of fused-ring (bicyclic) bond motifs is 1. The standard InChI is InChI=1S/C16H13ClN2O4/c1-10-12(17)3-2-4-13(10)19(8-20)16(21)18-11-5-6-14-15(7-11)23-9-22-14/h2-8H,9H2,1H3,(H,18,21). The van der Waals surface area contributed by atoms with Crippen LogP contribution in [0.2, 0.25) is 5.02 Å². The number of carbonyl (C=O) groups is 2. The van der Waals surface area contributed by atoms with E-state index in [1.165, 1.54) is 0 Å². The number of urea groups is 1. The largest absolute Gasteiger partial charge is 0.454 e. The third-order valence-electron chi connectivity index (χ3n) is 3.45. The van der Waals surface area contributed by atoms with Crippen LogP contribution in [0.5, 0.6) is 11.5 Å². The quantitative estimate of drug-likeness (QED) is 0.872. The topological polar surface area (TPSA) is 67.9 Å². The van der Waals surface area contributed by atoms with Gasteiger partial charge in [0.05, 0.1) is 5.69 Å². The molecule has 118 valence electrons. The third-order valence-corrected chi connectivity index (χ3v) is 3.86. The minimum Gasteiger partial charge on any atom is -0.454 e. The number of nitrogens with zero attached hydrogens (tertiary/aromatic N) is 1. The number of imide groups is 1. The van der Waals surface area contributed by atoms with Gasteiger partial charge in [0, 0.05) is 16.8 Å². The Morgan fingerprint density at radius 3 is 2.83 bits per heavy atom. The fourth-order valence-electron chi connectivity index (χ4n) is 2.23. The molecule has 3 amide bonds. The molecule has 7 heteroatoms. The van der Waals surface area contributed by atoms with Crippen molar-refractivity contribution < 1.29 is 19.1 Å². The number of hydrogen-bond acceptors (Lipinski definition) is 4. The Morgan fingerprint density at radius 1 is 1.26 bits per heavy atom. The summed E-state index contributed by atoms with van der Waals surface area (Å²) in [5, 5.41) is 3.12. The number of benzene rings is 2. The molecule has 0 bridgehead atoms. The molecule has 0 saturated carbocycles. The first-order valence-corrected chi connectivity index (χ1v) is 7.18. The molecule has 0 fully saturated rings. The Balaban J connectivity index is 1.83. The van der Waals surface area contributed by atoms with E-state index in [1.807, 2.05) is 0 Å². The Labute approximate surface area is 137 Å². The minimum absolute atomic E-state index is 0.148. The number of ether oxygens (including phenoxy) is 2. The van der Waals surface area contributed by atoms with Gasteiger partial charge in [-0.3, -0.25) is 4.79 Å². The Kier molecular flexibility index (Phi) is 4.08. The first-order chi connectivity index (χ1) is 11.1. The van der Waals surface area contributed by atoms with Gasteiger partial charge in [-0.05, 0) is 36.8 Å². The highest BCUT2D eigenvalue weighted by atomic mass is 35.5. The van der Waals surface area contributed by atoms with Crippen molar-refractivity contribution in [2.75, 3.05) is 17.0 Å². The van der Waals surface area contributed by atoms with Crippen molar-refractivity contribution in [2.24, 2.45) is 0 Å². The average molecular weight is 333 g/mol. The van der Waals surface area contributed by atoms with Crippen molar-refractivity contribution in [1.29, 1.82) is 0 Å². The van der Waals surface area contributed by atoms with Gasteiger partial charge < -0.3 is 14.8 Å². The van der Waals surface area contributed by atoms with E-state index in [0.717, 1.165) is 4.90 Å². The van der Waals surface area contributed by atoms with Gasteiger partial charge >= 0.3 is 6.03 Å². The lowest BCUT2D eigenvalue weighted by Crippen LogP contribution is -2.34. The number of anilines is 2. The highest BCUT2D eigenvalue weighted by Crippen LogP contribution is 2.34. The molecule has 0 atom stereocenters. The molecule has 0 aromatic heterocycles. The van der Waals surface area contributed by atoms with Gasteiger partial charge in [-0.15, -0.1) is 0 Å². The second-order valence-corrected chi connectivity index (χ2v) is 5.26. The predicted molar refractivity (Wildman–Crippen MR) is 86.3 cm³/mol. The van der Waals surface area contributed by atoms with Crippen LogP contribution in [-0.4, -0.2) is 19.2 Å². The molecule has 2 aromatic carbocycles. The van der Waals surface area contributed by atoms with E-state index < -0.39 is 6.03 Å². The predicted octanol–water partition coefficient (Wildman–Crippen LogP) is 3.57. The SMILES string of the molecule is Cc1c(Cl)cccc1N(C=O)C(=O)Nc1ccc2c(c1)OCO2. The number of hydrogen-bond donors (Lipinski definition) is 1. The van der Waals surface area contributed by atoms with Gasteiger partial charge in [0.2, 0.25) is 13.2 Å². The number of nitrogens with one attached hydrogen (secondary N) is 1. The maximum absolute atomic E-state index is 12.4. The van der Waals surface area contributed by atoms with Crippen molar-refractivity contribution in [1.82, 2.24) is 0 Å². The smallest absolute Gasteiger partial charge is 0.332 e. The monoisotopic (exact) mass is 332 g/mol. The summed E-state index contributed by atoms with van der Waals surface area (Å²) in [7, 11) is 0. The number of amides is 3. The van der Waals surface area contributed by atoms with Gasteiger partial charge in [-0.25, -0.2) is 9.69 Å². The van der Waals surface area contributed by atoms with Crippen LogP contribution in [0.3, 0.4) is 0 Å². The van der Waals surface area contributed by atoms with Crippen LogP contribution < -0.4 is 19.7 Å². The van der Waals surface area contributed by atoms with Crippen LogP contribution in [0.25, 0.3) is 0 Å². The fourth-order valence-corrected chi connectivity index (χ4v) is 2.40. The molecule has 23 heavy (non-hydrogen) atoms. The van der Waals surface area contributed by atoms with Crippen LogP contribution in [0.4, 0.5) is 16.2 Å². The first-order valence-electron chi connectivity index (χ1n) is 6.80. The fraction of sp³-hybridized carbons (Fsp3) is 0.125. The Hall–Kier alpha value is -2.73. The lowest BCUT2D eigenvalue weighted by atomic mass is 10.2. The van der Waals surface area contributed by atoms with Gasteiger partial charge in [0.25, 0.3) is 0 Å². The average Bonchev–Trinajstić information content (AvgIpc) is 3.00. The summed E-state index contributed by atoms with van der Waals surface area (Å²) < 4.78 is 10.5. The molecule has 6 nitrogen and oxygen atoms in total. The van der Waals surface area contributed by atoms with E-state index in [9.17, 15) is 9.59 Å². The zero-order valence-electron chi connectivity index (χ0n) is 12.2. The third kappa shape index (κ3) is 2.93. The molecule has 1 aliphatic rings. The van der Waals surface area contributed by atoms with Crippen molar-refractivity contribution in [3.63, 3.8) is 0 Å². The molecule has 1 heterocycles. The molecule has 3 rings (SSSR count). The highest BCUT2D eigenvalue weighted by Gasteiger charge is 2.19. The molecule has 2 aromatic rings. The van der Waals surface area contributed by atoms with Gasteiger partial charge in [-0.2, -0.15) is 0 Å². The number of rotatable bonds is 3. The summed E-state index contributed by atoms with van der Waals surface area (Å²) in [6.45, 7) is 1.89. The van der Waals surface area contributed by atoms with Crippen LogP contribution in [0.1, 0.15) is 5.56 Å². The van der Waals surface area contributed by atoms with E-state index >= 15 is 0 Å². The van der Waals surface area contributed by atoms with Crippen LogP contribution >= 0.6 is 11.6 Å². The Morgan fingerprint density at radius 2 is 2.04 bits per heavy atom. The van der Waals surface area contributed by atoms with E-state index in [2.05, 4.69) is 5.32 Å². The number of carbonyl (C=O) groups excluding carboxylic acids is 2. The van der Waals surface area contributed by atoms with Crippen molar-refractivity contribution in [3.05, 3.63) is 47.0 Å². The van der Waals surface area contributed by atoms with Gasteiger partial charge in [-0.1, -0.05) is 17.7 Å². The van der Waals surface area contributed by atoms with Crippen LogP contribution in [0, 0.1) is 6.92 Å². The molecule has 1 N–H and O–H groups in total. The molecule has 0 aliphatic carbocycles. The summed E-state index contributed by atoms with van der Waals surface area (Å²) in [6.07, 6.45) is 0.445. The molecule has 0 radical (unpaired) electrons. The molecule has 1 aliphatic heterocycles. The maximum atomic E-state index is 12.4. The Bertz CT molecular complexity index is 779. The van der Waals surface area contributed by atoms with E-state index in [1.54, 1.807) is 43.3 Å². The minimum atomic E-state index is -0.593. The molecular weight excluding hydrogens is 320 g/mol. The molecule has 0 saturated heterocycles. The molecular formula is C16H13ClN2O4. The summed E-state index contributed by atoms with van der Waals surface area (Å²) in [5.74, 6) is 1.15. The van der Waals surface area contributed by atoms with Gasteiger partial charge in [0.15, 0.2) is 11.5 Å². The lowest BCUT2D eigenvalue weighted by molar-refractivity contribution is -0.106. The van der Waals surface area contributed by atoms with Gasteiger partial charge in [0.1, 0.15) is 0 Å². The van der Waals surface area contributed by atoms with E-state index in [4.69, 9.17) is 21.1 Å². The maximum Gasteiger partial charge on any atom is 0.332 e. The van der Waals surface area contributed by atoms with Crippen LogP contribution in [-0.2, 0) is 4.79 Å². The highest BCUT2D eigenvalue weighted by molar-refractivity contribution is 6.32. The van der Waals surface area contributed by atoms with Crippen molar-refractivity contribution >= 4 is 35.4 Å². The van der Waals surface area contributed by atoms with E-state index in [0.29, 0.717) is 39.9 Å². The van der Waals surface area contributed by atoms with Crippen molar-refractivity contribution in [2.45, 2.75) is 6.92 Å². The normalized spacial score (nSPS) is 11.9. The summed E-state index contributed by atoms with van der Waals surface area (Å²) >= 11 is 6.04. The summed E-state index contributed by atoms with van der Waals surface area (Å²) in [6, 6.07) is 9.41.